The highest BCUT2D eigenvalue weighted by Gasteiger charge is 2.13. The molecular formula is C24H21N3O3S. The highest BCUT2D eigenvalue weighted by Crippen LogP contribution is 2.35. The van der Waals surface area contributed by atoms with Crippen molar-refractivity contribution in [1.82, 2.24) is 9.97 Å². The maximum atomic E-state index is 11.4. The summed E-state index contributed by atoms with van der Waals surface area (Å²) >= 11 is 1.47. The van der Waals surface area contributed by atoms with Crippen LogP contribution in [-0.2, 0) is 0 Å². The van der Waals surface area contributed by atoms with Gasteiger partial charge in [-0.15, -0.1) is 11.3 Å². The molecule has 2 aromatic carbocycles. The van der Waals surface area contributed by atoms with Crippen molar-refractivity contribution < 1.29 is 14.3 Å². The number of benzene rings is 2. The Bertz CT molecular complexity index is 1230. The SMILES string of the molecule is COc1ccc(Oc2c(C)cc(-c3csc(-c4cc(C(N)=O)ccn4)n3)cc2C)cc1. The molecule has 4 aromatic rings. The van der Waals surface area contributed by atoms with Crippen LogP contribution in [0.1, 0.15) is 21.5 Å². The van der Waals surface area contributed by atoms with E-state index in [2.05, 4.69) is 17.1 Å². The van der Waals surface area contributed by atoms with E-state index in [0.29, 0.717) is 11.3 Å². The molecule has 0 atom stereocenters. The molecule has 2 N–H and O–H groups in total. The Labute approximate surface area is 184 Å². The largest absolute Gasteiger partial charge is 0.497 e. The zero-order chi connectivity index (χ0) is 22.0. The van der Waals surface area contributed by atoms with Gasteiger partial charge in [-0.05, 0) is 73.5 Å². The number of aryl methyl sites for hydroxylation is 2. The van der Waals surface area contributed by atoms with Crippen molar-refractivity contribution in [2.24, 2.45) is 5.73 Å². The summed E-state index contributed by atoms with van der Waals surface area (Å²) in [7, 11) is 1.64. The first kappa shape index (κ1) is 20.6. The third-order valence-electron chi connectivity index (χ3n) is 4.80. The van der Waals surface area contributed by atoms with Gasteiger partial charge in [0, 0.05) is 22.7 Å². The molecule has 0 unspecified atom stereocenters. The van der Waals surface area contributed by atoms with Crippen LogP contribution in [0.4, 0.5) is 0 Å². The molecule has 0 aliphatic carbocycles. The van der Waals surface area contributed by atoms with Crippen molar-refractivity contribution in [3.63, 3.8) is 0 Å². The first-order chi connectivity index (χ1) is 14.9. The zero-order valence-electron chi connectivity index (χ0n) is 17.4. The van der Waals surface area contributed by atoms with Gasteiger partial charge in [-0.1, -0.05) is 0 Å². The Hall–Kier alpha value is -3.71. The second-order valence-corrected chi connectivity index (χ2v) is 7.91. The summed E-state index contributed by atoms with van der Waals surface area (Å²) in [6, 6.07) is 14.9. The lowest BCUT2D eigenvalue weighted by molar-refractivity contribution is 0.1000. The minimum absolute atomic E-state index is 0.411. The Morgan fingerprint density at radius 2 is 1.65 bits per heavy atom. The zero-order valence-corrected chi connectivity index (χ0v) is 18.2. The Balaban J connectivity index is 1.61. The number of hydrogen-bond acceptors (Lipinski definition) is 6. The second kappa shape index (κ2) is 8.57. The van der Waals surface area contributed by atoms with Crippen LogP contribution < -0.4 is 15.2 Å². The molecule has 0 radical (unpaired) electrons. The van der Waals surface area contributed by atoms with Gasteiger partial charge in [-0.2, -0.15) is 0 Å². The number of hydrogen-bond donors (Lipinski definition) is 1. The van der Waals surface area contributed by atoms with Gasteiger partial charge in [0.05, 0.1) is 18.5 Å². The molecule has 0 spiro atoms. The van der Waals surface area contributed by atoms with Crippen LogP contribution in [0.2, 0.25) is 0 Å². The number of carbonyl (C=O) groups is 1. The Morgan fingerprint density at radius 1 is 0.968 bits per heavy atom. The van der Waals surface area contributed by atoms with Crippen molar-refractivity contribution in [2.75, 3.05) is 7.11 Å². The summed E-state index contributed by atoms with van der Waals surface area (Å²) in [6.07, 6.45) is 1.57. The first-order valence-corrected chi connectivity index (χ1v) is 10.5. The standard InChI is InChI=1S/C24H21N3O3S/c1-14-10-17(11-15(2)22(14)30-19-6-4-18(29-3)5-7-19)21-13-31-24(27-21)20-12-16(23(25)28)8-9-26-20/h4-13H,1-3H3,(H2,25,28). The van der Waals surface area contributed by atoms with E-state index in [4.69, 9.17) is 20.2 Å². The molecule has 31 heavy (non-hydrogen) atoms. The van der Waals surface area contributed by atoms with Crippen molar-refractivity contribution in [2.45, 2.75) is 13.8 Å². The van der Waals surface area contributed by atoms with E-state index in [-0.39, 0.29) is 0 Å². The van der Waals surface area contributed by atoms with E-state index in [1.165, 1.54) is 11.3 Å². The molecule has 2 aromatic heterocycles. The third-order valence-corrected chi connectivity index (χ3v) is 5.67. The van der Waals surface area contributed by atoms with E-state index < -0.39 is 5.91 Å². The monoisotopic (exact) mass is 431 g/mol. The predicted octanol–water partition coefficient (Wildman–Crippen LogP) is 5.39. The lowest BCUT2D eigenvalue weighted by Gasteiger charge is -2.13. The van der Waals surface area contributed by atoms with Crippen molar-refractivity contribution >= 4 is 17.2 Å². The smallest absolute Gasteiger partial charge is 0.248 e. The molecule has 7 heteroatoms. The molecule has 0 saturated carbocycles. The summed E-state index contributed by atoms with van der Waals surface area (Å²) < 4.78 is 11.3. The average Bonchev–Trinajstić information content (AvgIpc) is 3.27. The highest BCUT2D eigenvalue weighted by molar-refractivity contribution is 7.13. The molecule has 0 saturated heterocycles. The molecule has 2 heterocycles. The number of pyridine rings is 1. The van der Waals surface area contributed by atoms with Crippen molar-refractivity contribution in [1.29, 1.82) is 0 Å². The van der Waals surface area contributed by atoms with Crippen LogP contribution in [0.15, 0.2) is 60.1 Å². The van der Waals surface area contributed by atoms with E-state index in [1.54, 1.807) is 25.4 Å². The summed E-state index contributed by atoms with van der Waals surface area (Å²) in [6.45, 7) is 4.03. The van der Waals surface area contributed by atoms with Crippen LogP contribution in [0, 0.1) is 13.8 Å². The minimum atomic E-state index is -0.487. The number of nitrogens with two attached hydrogens (primary N) is 1. The topological polar surface area (TPSA) is 87.3 Å². The fourth-order valence-corrected chi connectivity index (χ4v) is 4.04. The molecule has 0 fully saturated rings. The van der Waals surface area contributed by atoms with Crippen LogP contribution in [0.25, 0.3) is 22.0 Å². The molecule has 1 amide bonds. The third kappa shape index (κ3) is 4.41. The number of carbonyl (C=O) groups excluding carboxylic acids is 1. The van der Waals surface area contributed by atoms with Crippen LogP contribution in [-0.4, -0.2) is 23.0 Å². The molecule has 0 aliphatic rings. The van der Waals surface area contributed by atoms with Gasteiger partial charge in [0.2, 0.25) is 5.91 Å². The van der Waals surface area contributed by atoms with Crippen molar-refractivity contribution in [3.05, 3.63) is 76.8 Å². The summed E-state index contributed by atoms with van der Waals surface area (Å²) in [4.78, 5) is 20.5. The predicted molar refractivity (Wildman–Crippen MR) is 122 cm³/mol. The highest BCUT2D eigenvalue weighted by atomic mass is 32.1. The quantitative estimate of drug-likeness (QED) is 0.442. The van der Waals surface area contributed by atoms with Gasteiger partial charge in [-0.25, -0.2) is 4.98 Å². The van der Waals surface area contributed by atoms with Gasteiger partial charge >= 0.3 is 0 Å². The van der Waals surface area contributed by atoms with Crippen LogP contribution in [0.5, 0.6) is 17.2 Å². The van der Waals surface area contributed by atoms with E-state index in [0.717, 1.165) is 44.6 Å². The van der Waals surface area contributed by atoms with E-state index in [1.807, 2.05) is 43.5 Å². The normalized spacial score (nSPS) is 10.7. The fourth-order valence-electron chi connectivity index (χ4n) is 3.25. The molecule has 0 bridgehead atoms. The second-order valence-electron chi connectivity index (χ2n) is 7.05. The summed E-state index contributed by atoms with van der Waals surface area (Å²) in [5.74, 6) is 1.86. The maximum absolute atomic E-state index is 11.4. The number of aromatic nitrogens is 2. The first-order valence-electron chi connectivity index (χ1n) is 9.60. The van der Waals surface area contributed by atoms with Gasteiger partial charge in [0.15, 0.2) is 0 Å². The van der Waals surface area contributed by atoms with Gasteiger partial charge in [-0.3, -0.25) is 9.78 Å². The molecular weight excluding hydrogens is 410 g/mol. The fraction of sp³-hybridized carbons (Fsp3) is 0.125. The van der Waals surface area contributed by atoms with Crippen LogP contribution in [0.3, 0.4) is 0 Å². The van der Waals surface area contributed by atoms with Gasteiger partial charge < -0.3 is 15.2 Å². The number of nitrogens with zero attached hydrogens (tertiary/aromatic N) is 2. The average molecular weight is 432 g/mol. The van der Waals surface area contributed by atoms with Crippen LogP contribution >= 0.6 is 11.3 Å². The number of thiazole rings is 1. The molecule has 0 aliphatic heterocycles. The summed E-state index contributed by atoms with van der Waals surface area (Å²) in [5.41, 5.74) is 10.3. The lowest BCUT2D eigenvalue weighted by atomic mass is 10.0. The number of primary amides is 1. The maximum Gasteiger partial charge on any atom is 0.248 e. The number of methoxy groups -OCH3 is 1. The Morgan fingerprint density at radius 3 is 2.29 bits per heavy atom. The molecule has 156 valence electrons. The number of rotatable bonds is 6. The summed E-state index contributed by atoms with van der Waals surface area (Å²) in [5, 5.41) is 2.71. The van der Waals surface area contributed by atoms with Crippen molar-refractivity contribution in [3.8, 4) is 39.2 Å². The minimum Gasteiger partial charge on any atom is -0.497 e. The molecule has 4 rings (SSSR count). The molecule has 6 nitrogen and oxygen atoms in total. The van der Waals surface area contributed by atoms with E-state index >= 15 is 0 Å². The van der Waals surface area contributed by atoms with E-state index in [9.17, 15) is 4.79 Å². The van der Waals surface area contributed by atoms with Gasteiger partial charge in [0.1, 0.15) is 22.3 Å². The van der Waals surface area contributed by atoms with Gasteiger partial charge in [0.25, 0.3) is 0 Å². The number of amides is 1. The Kier molecular flexibility index (Phi) is 5.68. The number of ether oxygens (including phenoxy) is 2. The lowest BCUT2D eigenvalue weighted by Crippen LogP contribution is -2.10.